The largest absolute Gasteiger partial charge is 0.339 e. The molecule has 0 atom stereocenters. The zero-order valence-electron chi connectivity index (χ0n) is 12.8. The molecule has 0 spiro atoms. The maximum Gasteiger partial charge on any atom is 0.271 e. The van der Waals surface area contributed by atoms with Crippen molar-refractivity contribution in [2.24, 2.45) is 7.05 Å². The summed E-state index contributed by atoms with van der Waals surface area (Å²) in [6.45, 7) is 4.87. The second-order valence-corrected chi connectivity index (χ2v) is 5.70. The number of Topliss-reactive ketones (excluding diaryl/α,β-unsaturated/α-hetero) is 1. The van der Waals surface area contributed by atoms with Crippen molar-refractivity contribution < 1.29 is 9.59 Å². The van der Waals surface area contributed by atoms with Crippen LogP contribution in [-0.4, -0.2) is 34.2 Å². The highest BCUT2D eigenvalue weighted by Crippen LogP contribution is 2.29. The molecule has 0 radical (unpaired) electrons. The van der Waals surface area contributed by atoms with Crippen LogP contribution < -0.4 is 0 Å². The molecule has 4 nitrogen and oxygen atoms in total. The summed E-state index contributed by atoms with van der Waals surface area (Å²) in [5, 5.41) is 0.881. The van der Waals surface area contributed by atoms with Crippen molar-refractivity contribution in [3.05, 3.63) is 48.2 Å². The molecule has 22 heavy (non-hydrogen) atoms. The van der Waals surface area contributed by atoms with Crippen LogP contribution in [0.3, 0.4) is 0 Å². The first-order valence-corrected chi connectivity index (χ1v) is 7.66. The van der Waals surface area contributed by atoms with E-state index in [2.05, 4.69) is 6.58 Å². The molecule has 0 saturated carbocycles. The van der Waals surface area contributed by atoms with Gasteiger partial charge >= 0.3 is 0 Å². The van der Waals surface area contributed by atoms with Gasteiger partial charge in [0.2, 0.25) is 0 Å². The minimum absolute atomic E-state index is 0.0383. The Hall–Kier alpha value is -2.36. The molecular formula is C18H20N2O2. The third kappa shape index (κ3) is 2.25. The fourth-order valence-electron chi connectivity index (χ4n) is 3.18. The number of para-hydroxylation sites is 1. The Balaban J connectivity index is 2.08. The normalized spacial score (nSPS) is 15.0. The number of aryl methyl sites for hydroxylation is 1. The molecule has 1 aliphatic rings. The molecule has 1 aromatic heterocycles. The number of fused-ring (bicyclic) bond motifs is 3. The number of nitrogens with zero attached hydrogens (tertiary/aromatic N) is 2. The van der Waals surface area contributed by atoms with Crippen molar-refractivity contribution in [2.75, 3.05) is 13.1 Å². The highest BCUT2D eigenvalue weighted by Gasteiger charge is 2.31. The third-order valence-corrected chi connectivity index (χ3v) is 4.32. The molecule has 0 aliphatic carbocycles. The number of ketones is 1. The number of unbranched alkanes of at least 4 members (excludes halogenated alkanes) is 1. The standard InChI is InChI=1S/C18H20N2O2/c1-3-4-7-11-20-12-10-15(21)16-13-8-5-6-9-14(13)19(2)17(16)18(20)22/h3,5-6,8-9H,1,4,7,10-12H2,2H3. The number of carbonyl (C=O) groups excluding carboxylic acids is 2. The van der Waals surface area contributed by atoms with Crippen LogP contribution in [0.15, 0.2) is 36.9 Å². The molecule has 2 aromatic rings. The van der Waals surface area contributed by atoms with Gasteiger partial charge in [0.25, 0.3) is 5.91 Å². The van der Waals surface area contributed by atoms with E-state index in [0.717, 1.165) is 23.7 Å². The van der Waals surface area contributed by atoms with Gasteiger partial charge in [-0.25, -0.2) is 0 Å². The fraction of sp³-hybridized carbons (Fsp3) is 0.333. The van der Waals surface area contributed by atoms with Crippen molar-refractivity contribution in [2.45, 2.75) is 19.3 Å². The highest BCUT2D eigenvalue weighted by molar-refractivity contribution is 6.17. The summed E-state index contributed by atoms with van der Waals surface area (Å²) in [4.78, 5) is 27.2. The molecule has 0 bridgehead atoms. The monoisotopic (exact) mass is 296 g/mol. The minimum Gasteiger partial charge on any atom is -0.339 e. The van der Waals surface area contributed by atoms with Crippen molar-refractivity contribution in [1.29, 1.82) is 0 Å². The number of carbonyl (C=O) groups is 2. The lowest BCUT2D eigenvalue weighted by atomic mass is 10.1. The first-order chi connectivity index (χ1) is 10.6. The van der Waals surface area contributed by atoms with E-state index in [1.165, 1.54) is 0 Å². The Bertz CT molecular complexity index is 758. The van der Waals surface area contributed by atoms with Crippen LogP contribution in [0.1, 0.15) is 40.1 Å². The van der Waals surface area contributed by atoms with Crippen LogP contribution >= 0.6 is 0 Å². The lowest BCUT2D eigenvalue weighted by Gasteiger charge is -2.20. The zero-order valence-corrected chi connectivity index (χ0v) is 12.8. The van der Waals surface area contributed by atoms with E-state index in [1.54, 1.807) is 4.90 Å². The van der Waals surface area contributed by atoms with Gasteiger partial charge in [-0.3, -0.25) is 9.59 Å². The number of hydrogen-bond acceptors (Lipinski definition) is 2. The first-order valence-electron chi connectivity index (χ1n) is 7.66. The van der Waals surface area contributed by atoms with Gasteiger partial charge in [-0.15, -0.1) is 6.58 Å². The second-order valence-electron chi connectivity index (χ2n) is 5.70. The van der Waals surface area contributed by atoms with E-state index >= 15 is 0 Å². The first kappa shape index (κ1) is 14.6. The molecule has 0 saturated heterocycles. The van der Waals surface area contributed by atoms with E-state index < -0.39 is 0 Å². The summed E-state index contributed by atoms with van der Waals surface area (Å²) in [5.74, 6) is 0.0231. The molecule has 0 unspecified atom stereocenters. The van der Waals surface area contributed by atoms with Crippen molar-refractivity contribution >= 4 is 22.6 Å². The van der Waals surface area contributed by atoms with Gasteiger partial charge in [0.1, 0.15) is 5.69 Å². The van der Waals surface area contributed by atoms with Crippen LogP contribution in [0.5, 0.6) is 0 Å². The van der Waals surface area contributed by atoms with Gasteiger partial charge in [-0.05, 0) is 18.9 Å². The van der Waals surface area contributed by atoms with Crippen molar-refractivity contribution in [3.8, 4) is 0 Å². The average molecular weight is 296 g/mol. The van der Waals surface area contributed by atoms with E-state index in [1.807, 2.05) is 42.0 Å². The van der Waals surface area contributed by atoms with Crippen molar-refractivity contribution in [1.82, 2.24) is 9.47 Å². The number of rotatable bonds is 4. The lowest BCUT2D eigenvalue weighted by Crippen LogP contribution is -2.33. The van der Waals surface area contributed by atoms with Gasteiger partial charge in [-0.1, -0.05) is 24.3 Å². The molecular weight excluding hydrogens is 276 g/mol. The van der Waals surface area contributed by atoms with Crippen LogP contribution in [-0.2, 0) is 7.05 Å². The van der Waals surface area contributed by atoms with Crippen LogP contribution in [0.25, 0.3) is 10.9 Å². The molecule has 0 fully saturated rings. The second kappa shape index (κ2) is 5.79. The molecule has 1 aliphatic heterocycles. The maximum absolute atomic E-state index is 12.9. The van der Waals surface area contributed by atoms with Crippen LogP contribution in [0.4, 0.5) is 0 Å². The predicted octanol–water partition coefficient (Wildman–Crippen LogP) is 3.17. The zero-order chi connectivity index (χ0) is 15.7. The van der Waals surface area contributed by atoms with E-state index in [4.69, 9.17) is 0 Å². The maximum atomic E-state index is 12.9. The van der Waals surface area contributed by atoms with E-state index in [9.17, 15) is 9.59 Å². The van der Waals surface area contributed by atoms with E-state index in [0.29, 0.717) is 30.8 Å². The fourth-order valence-corrected chi connectivity index (χ4v) is 3.18. The molecule has 114 valence electrons. The Morgan fingerprint density at radius 1 is 1.27 bits per heavy atom. The summed E-state index contributed by atoms with van der Waals surface area (Å²) >= 11 is 0. The molecule has 1 amide bonds. The predicted molar refractivity (Wildman–Crippen MR) is 87.2 cm³/mol. The van der Waals surface area contributed by atoms with Gasteiger partial charge in [-0.2, -0.15) is 0 Å². The smallest absolute Gasteiger partial charge is 0.271 e. The Morgan fingerprint density at radius 3 is 2.82 bits per heavy atom. The summed E-state index contributed by atoms with van der Waals surface area (Å²) in [6.07, 6.45) is 4.00. The van der Waals surface area contributed by atoms with Gasteiger partial charge in [0, 0.05) is 37.5 Å². The van der Waals surface area contributed by atoms with E-state index in [-0.39, 0.29) is 11.7 Å². The number of aromatic nitrogens is 1. The quantitative estimate of drug-likeness (QED) is 0.642. The number of amides is 1. The van der Waals surface area contributed by atoms with Gasteiger partial charge in [0.15, 0.2) is 5.78 Å². The molecule has 1 aromatic carbocycles. The molecule has 3 rings (SSSR count). The number of benzene rings is 1. The Labute approximate surface area is 130 Å². The SMILES string of the molecule is C=CCCCN1CCC(=O)c2c(n(C)c3ccccc23)C1=O. The topological polar surface area (TPSA) is 42.3 Å². The Morgan fingerprint density at radius 2 is 2.05 bits per heavy atom. The molecule has 4 heteroatoms. The number of hydrogen-bond donors (Lipinski definition) is 0. The minimum atomic E-state index is -0.0383. The lowest BCUT2D eigenvalue weighted by molar-refractivity contribution is 0.0748. The summed E-state index contributed by atoms with van der Waals surface area (Å²) < 4.78 is 1.86. The van der Waals surface area contributed by atoms with Gasteiger partial charge in [0.05, 0.1) is 5.56 Å². The third-order valence-electron chi connectivity index (χ3n) is 4.32. The summed E-state index contributed by atoms with van der Waals surface area (Å²) in [6, 6.07) is 7.71. The average Bonchev–Trinajstić information content (AvgIpc) is 2.76. The van der Waals surface area contributed by atoms with Crippen LogP contribution in [0.2, 0.25) is 0 Å². The number of allylic oxidation sites excluding steroid dienone is 1. The highest BCUT2D eigenvalue weighted by atomic mass is 16.2. The van der Waals surface area contributed by atoms with Crippen molar-refractivity contribution in [3.63, 3.8) is 0 Å². The molecule has 0 N–H and O–H groups in total. The Kier molecular flexibility index (Phi) is 3.84. The van der Waals surface area contributed by atoms with Crippen LogP contribution in [0, 0.1) is 0 Å². The summed E-state index contributed by atoms with van der Waals surface area (Å²) in [7, 11) is 1.86. The molecule has 2 heterocycles. The summed E-state index contributed by atoms with van der Waals surface area (Å²) in [5.41, 5.74) is 2.05. The van der Waals surface area contributed by atoms with Gasteiger partial charge < -0.3 is 9.47 Å².